The molecule has 5 nitrogen and oxygen atoms in total. The van der Waals surface area contributed by atoms with Crippen LogP contribution in [0.5, 0.6) is 0 Å². The molecule has 0 fully saturated rings. The van der Waals surface area contributed by atoms with E-state index in [2.05, 4.69) is 15.9 Å². The first kappa shape index (κ1) is 16.8. The molecule has 7 heteroatoms. The second-order valence-corrected chi connectivity index (χ2v) is 7.07. The van der Waals surface area contributed by atoms with Gasteiger partial charge in [-0.2, -0.15) is 4.31 Å². The Morgan fingerprint density at radius 1 is 1.18 bits per heavy atom. The van der Waals surface area contributed by atoms with Crippen LogP contribution >= 0.6 is 15.9 Å². The van der Waals surface area contributed by atoms with Crippen molar-refractivity contribution in [3.8, 4) is 0 Å². The van der Waals surface area contributed by atoms with Crippen molar-refractivity contribution in [1.29, 1.82) is 0 Å². The third kappa shape index (κ3) is 3.25. The number of hydrogen-bond acceptors (Lipinski definition) is 4. The van der Waals surface area contributed by atoms with E-state index in [1.165, 1.54) is 6.07 Å². The molecule has 0 aliphatic heterocycles. The monoisotopic (exact) mass is 385 g/mol. The molecule has 0 aliphatic carbocycles. The predicted octanol–water partition coefficient (Wildman–Crippen LogP) is 3.38. The number of alkyl halides is 1. The lowest BCUT2D eigenvalue weighted by atomic mass is 10.1. The Hall–Kier alpha value is -1.60. The molecule has 0 aliphatic rings. The average molecular weight is 386 g/mol. The Balaban J connectivity index is 2.57. The van der Waals surface area contributed by atoms with Gasteiger partial charge >= 0.3 is 6.09 Å². The van der Waals surface area contributed by atoms with Crippen molar-refractivity contribution in [2.75, 3.05) is 18.5 Å². The van der Waals surface area contributed by atoms with Crippen LogP contribution in [0.2, 0.25) is 0 Å². The van der Waals surface area contributed by atoms with E-state index in [-0.39, 0.29) is 18.0 Å². The lowest BCUT2D eigenvalue weighted by Gasteiger charge is -2.21. The van der Waals surface area contributed by atoms with Gasteiger partial charge in [0.15, 0.2) is 0 Å². The van der Waals surface area contributed by atoms with Gasteiger partial charge in [0.25, 0.3) is 10.0 Å². The summed E-state index contributed by atoms with van der Waals surface area (Å²) in [6, 6.07) is 12.1. The van der Waals surface area contributed by atoms with Gasteiger partial charge in [-0.3, -0.25) is 0 Å². The quantitative estimate of drug-likeness (QED) is 0.739. The predicted molar refractivity (Wildman–Crippen MR) is 88.7 cm³/mol. The topological polar surface area (TPSA) is 63.7 Å². The highest BCUT2D eigenvalue weighted by Gasteiger charge is 2.31. The highest BCUT2D eigenvalue weighted by molar-refractivity contribution is 9.09. The van der Waals surface area contributed by atoms with Gasteiger partial charge < -0.3 is 4.74 Å². The molecule has 0 radical (unpaired) electrons. The van der Waals surface area contributed by atoms with Gasteiger partial charge in [-0.05, 0) is 18.4 Å². The SMILES string of the molecule is CCOC(=O)N(CCBr)S(=O)(=O)c1cccc2ccccc12. The molecular formula is C15H16BrNO4S. The summed E-state index contributed by atoms with van der Waals surface area (Å²) in [6.45, 7) is 1.75. The smallest absolute Gasteiger partial charge is 0.423 e. The number of rotatable bonds is 5. The molecule has 0 saturated heterocycles. The number of carbonyl (C=O) groups excluding carboxylic acids is 1. The molecule has 2 aromatic rings. The molecule has 0 spiro atoms. The summed E-state index contributed by atoms with van der Waals surface area (Å²) in [5.74, 6) is 0. The standard InChI is InChI=1S/C15H16BrNO4S/c1-2-21-15(18)17(11-10-16)22(19,20)14-9-5-7-12-6-3-4-8-13(12)14/h3-9H,2,10-11H2,1H3. The molecule has 118 valence electrons. The maximum Gasteiger partial charge on any atom is 0.423 e. The van der Waals surface area contributed by atoms with Gasteiger partial charge in [0.2, 0.25) is 0 Å². The summed E-state index contributed by atoms with van der Waals surface area (Å²) in [6.07, 6.45) is -0.866. The average Bonchev–Trinajstić information content (AvgIpc) is 2.52. The number of halogens is 1. The van der Waals surface area contributed by atoms with Crippen LogP contribution in [0, 0.1) is 0 Å². The van der Waals surface area contributed by atoms with E-state index < -0.39 is 16.1 Å². The first-order valence-corrected chi connectivity index (χ1v) is 9.31. The maximum absolute atomic E-state index is 12.9. The first-order valence-electron chi connectivity index (χ1n) is 6.75. The summed E-state index contributed by atoms with van der Waals surface area (Å²) >= 11 is 3.17. The molecule has 2 aromatic carbocycles. The third-order valence-corrected chi connectivity index (χ3v) is 5.26. The summed E-state index contributed by atoms with van der Waals surface area (Å²) in [5, 5.41) is 1.70. The number of sulfonamides is 1. The van der Waals surface area contributed by atoms with Crippen LogP contribution < -0.4 is 0 Å². The zero-order valence-corrected chi connectivity index (χ0v) is 14.4. The van der Waals surface area contributed by atoms with Crippen LogP contribution in [0.4, 0.5) is 4.79 Å². The number of nitrogens with zero attached hydrogens (tertiary/aromatic N) is 1. The van der Waals surface area contributed by atoms with Gasteiger partial charge in [0, 0.05) is 10.7 Å². The molecule has 0 N–H and O–H groups in total. The van der Waals surface area contributed by atoms with E-state index in [0.717, 1.165) is 9.69 Å². The third-order valence-electron chi connectivity index (χ3n) is 3.08. The Morgan fingerprint density at radius 3 is 2.55 bits per heavy atom. The van der Waals surface area contributed by atoms with Crippen molar-refractivity contribution < 1.29 is 17.9 Å². The van der Waals surface area contributed by atoms with Crippen LogP contribution in [0.15, 0.2) is 47.4 Å². The van der Waals surface area contributed by atoms with Crippen LogP contribution in [0.1, 0.15) is 6.92 Å². The Labute approximate surface area is 138 Å². The number of ether oxygens (including phenoxy) is 1. The summed E-state index contributed by atoms with van der Waals surface area (Å²) in [7, 11) is -3.98. The van der Waals surface area contributed by atoms with Crippen molar-refractivity contribution in [2.24, 2.45) is 0 Å². The van der Waals surface area contributed by atoms with Crippen molar-refractivity contribution in [3.63, 3.8) is 0 Å². The lowest BCUT2D eigenvalue weighted by Crippen LogP contribution is -2.38. The summed E-state index contributed by atoms with van der Waals surface area (Å²) in [5.41, 5.74) is 0. The van der Waals surface area contributed by atoms with Crippen molar-refractivity contribution in [2.45, 2.75) is 11.8 Å². The zero-order valence-electron chi connectivity index (χ0n) is 12.0. The van der Waals surface area contributed by atoms with Gasteiger partial charge in [-0.25, -0.2) is 13.2 Å². The van der Waals surface area contributed by atoms with E-state index in [1.54, 1.807) is 25.1 Å². The fourth-order valence-corrected chi connectivity index (χ4v) is 4.24. The molecule has 22 heavy (non-hydrogen) atoms. The molecule has 0 aromatic heterocycles. The Morgan fingerprint density at radius 2 is 1.86 bits per heavy atom. The van der Waals surface area contributed by atoms with E-state index >= 15 is 0 Å². The van der Waals surface area contributed by atoms with Gasteiger partial charge in [0.05, 0.1) is 18.0 Å². The minimum atomic E-state index is -3.98. The number of carbonyl (C=O) groups is 1. The van der Waals surface area contributed by atoms with E-state index in [0.29, 0.717) is 10.7 Å². The summed E-state index contributed by atoms with van der Waals surface area (Å²) < 4.78 is 31.3. The minimum absolute atomic E-state index is 0.00435. The van der Waals surface area contributed by atoms with E-state index in [1.807, 2.05) is 18.2 Å². The van der Waals surface area contributed by atoms with E-state index in [9.17, 15) is 13.2 Å². The number of benzene rings is 2. The van der Waals surface area contributed by atoms with Crippen molar-refractivity contribution >= 4 is 42.8 Å². The molecule has 0 heterocycles. The number of amides is 1. The van der Waals surface area contributed by atoms with Crippen molar-refractivity contribution in [3.05, 3.63) is 42.5 Å². The lowest BCUT2D eigenvalue weighted by molar-refractivity contribution is 0.132. The van der Waals surface area contributed by atoms with Crippen LogP contribution in [-0.4, -0.2) is 37.3 Å². The van der Waals surface area contributed by atoms with Gasteiger partial charge in [-0.15, -0.1) is 0 Å². The number of hydrogen-bond donors (Lipinski definition) is 0. The van der Waals surface area contributed by atoms with E-state index in [4.69, 9.17) is 4.74 Å². The number of fused-ring (bicyclic) bond motifs is 1. The molecule has 0 bridgehead atoms. The van der Waals surface area contributed by atoms with Crippen LogP contribution in [0.25, 0.3) is 10.8 Å². The molecule has 0 saturated carbocycles. The molecule has 0 unspecified atom stereocenters. The minimum Gasteiger partial charge on any atom is -0.449 e. The van der Waals surface area contributed by atoms with Gasteiger partial charge in [-0.1, -0.05) is 52.3 Å². The Bertz CT molecular complexity index is 771. The van der Waals surface area contributed by atoms with Crippen molar-refractivity contribution in [1.82, 2.24) is 4.31 Å². The highest BCUT2D eigenvalue weighted by Crippen LogP contribution is 2.26. The second-order valence-electron chi connectivity index (χ2n) is 4.44. The molecule has 2 rings (SSSR count). The van der Waals surface area contributed by atoms with Gasteiger partial charge in [0.1, 0.15) is 0 Å². The second kappa shape index (κ2) is 7.11. The fraction of sp³-hybridized carbons (Fsp3) is 0.267. The fourth-order valence-electron chi connectivity index (χ4n) is 2.12. The molecule has 1 amide bonds. The van der Waals surface area contributed by atoms with Crippen LogP contribution in [-0.2, 0) is 14.8 Å². The first-order chi connectivity index (χ1) is 10.5. The molecule has 0 atom stereocenters. The Kier molecular flexibility index (Phi) is 5.42. The molecular weight excluding hydrogens is 370 g/mol. The normalized spacial score (nSPS) is 11.4. The van der Waals surface area contributed by atoms with Crippen LogP contribution in [0.3, 0.4) is 0 Å². The summed E-state index contributed by atoms with van der Waals surface area (Å²) in [4.78, 5) is 12.1. The maximum atomic E-state index is 12.9. The largest absolute Gasteiger partial charge is 0.449 e. The highest BCUT2D eigenvalue weighted by atomic mass is 79.9. The zero-order chi connectivity index (χ0) is 16.2.